The summed E-state index contributed by atoms with van der Waals surface area (Å²) in [6.07, 6.45) is 7.46. The SMILES string of the molecule is CC(C)c1cc(-c2cnc(-c3cc(Oc4ccc5c6ccccc6n(-c6ccccn6)c5c4)cc(Oc4ccc5c6ccccc6n(-c6ccccn6)c5c4)c3)nc2)cc(C(C)C)c1. The van der Waals surface area contributed by atoms with Crippen LogP contribution in [0.3, 0.4) is 0 Å². The van der Waals surface area contributed by atoms with Gasteiger partial charge in [-0.2, -0.15) is 0 Å². The highest BCUT2D eigenvalue weighted by atomic mass is 16.5. The summed E-state index contributed by atoms with van der Waals surface area (Å²) >= 11 is 0. The van der Waals surface area contributed by atoms with Gasteiger partial charge in [-0.15, -0.1) is 0 Å². The number of rotatable bonds is 10. The molecule has 0 N–H and O–H groups in total. The summed E-state index contributed by atoms with van der Waals surface area (Å²) in [4.78, 5) is 19.3. The number of ether oxygens (including phenoxy) is 2. The number of fused-ring (bicyclic) bond motifs is 6. The van der Waals surface area contributed by atoms with Crippen molar-refractivity contribution in [2.45, 2.75) is 39.5 Å². The van der Waals surface area contributed by atoms with Crippen LogP contribution >= 0.6 is 0 Å². The topological polar surface area (TPSA) is 79.9 Å². The summed E-state index contributed by atoms with van der Waals surface area (Å²) in [7, 11) is 0. The van der Waals surface area contributed by atoms with Gasteiger partial charge in [-0.25, -0.2) is 19.9 Å². The third-order valence-corrected chi connectivity index (χ3v) is 12.0. The molecule has 0 amide bonds. The van der Waals surface area contributed by atoms with Gasteiger partial charge in [0.25, 0.3) is 0 Å². The van der Waals surface area contributed by atoms with E-state index in [-0.39, 0.29) is 0 Å². The second-order valence-electron chi connectivity index (χ2n) is 16.8. The Morgan fingerprint density at radius 2 is 0.844 bits per heavy atom. The molecule has 0 saturated heterocycles. The fraction of sp³-hybridized carbons (Fsp3) is 0.107. The van der Waals surface area contributed by atoms with Gasteiger partial charge >= 0.3 is 0 Å². The molecular formula is C56H44N6O2. The first kappa shape index (κ1) is 38.8. The Balaban J connectivity index is 1.01. The molecule has 11 aromatic rings. The van der Waals surface area contributed by atoms with Crippen molar-refractivity contribution in [1.82, 2.24) is 29.1 Å². The van der Waals surface area contributed by atoms with E-state index < -0.39 is 0 Å². The van der Waals surface area contributed by atoms with E-state index in [1.54, 1.807) is 0 Å². The van der Waals surface area contributed by atoms with Crippen molar-refractivity contribution >= 4 is 43.6 Å². The molecule has 0 bridgehead atoms. The molecule has 5 aromatic heterocycles. The molecule has 5 heterocycles. The fourth-order valence-corrected chi connectivity index (χ4v) is 8.72. The van der Waals surface area contributed by atoms with Crippen molar-refractivity contribution in [1.29, 1.82) is 0 Å². The zero-order valence-electron chi connectivity index (χ0n) is 36.0. The molecule has 0 radical (unpaired) electrons. The average Bonchev–Trinajstić information content (AvgIpc) is 3.84. The molecule has 310 valence electrons. The normalized spacial score (nSPS) is 11.7. The predicted octanol–water partition coefficient (Wildman–Crippen LogP) is 14.6. The number of benzene rings is 6. The number of nitrogens with zero attached hydrogens (tertiary/aromatic N) is 6. The summed E-state index contributed by atoms with van der Waals surface area (Å²) in [5.41, 5.74) is 9.55. The van der Waals surface area contributed by atoms with E-state index in [1.807, 2.05) is 91.5 Å². The largest absolute Gasteiger partial charge is 0.457 e. The van der Waals surface area contributed by atoms with Crippen LogP contribution in [-0.4, -0.2) is 29.1 Å². The van der Waals surface area contributed by atoms with Gasteiger partial charge in [0.2, 0.25) is 0 Å². The molecule has 0 unspecified atom stereocenters. The maximum absolute atomic E-state index is 6.78. The van der Waals surface area contributed by atoms with Crippen LogP contribution in [0.4, 0.5) is 0 Å². The Hall–Kier alpha value is -8.10. The lowest BCUT2D eigenvalue weighted by atomic mass is 9.91. The molecule has 0 fully saturated rings. The molecule has 8 nitrogen and oxygen atoms in total. The summed E-state index contributed by atoms with van der Waals surface area (Å²) in [6.45, 7) is 8.92. The van der Waals surface area contributed by atoms with E-state index in [1.165, 1.54) is 11.1 Å². The third-order valence-electron chi connectivity index (χ3n) is 12.0. The van der Waals surface area contributed by atoms with Crippen molar-refractivity contribution in [3.63, 3.8) is 0 Å². The molecule has 64 heavy (non-hydrogen) atoms. The Morgan fingerprint density at radius 3 is 1.31 bits per heavy atom. The lowest BCUT2D eigenvalue weighted by Gasteiger charge is -2.15. The smallest absolute Gasteiger partial charge is 0.159 e. The van der Waals surface area contributed by atoms with Crippen LogP contribution in [0, 0.1) is 0 Å². The van der Waals surface area contributed by atoms with Gasteiger partial charge in [-0.3, -0.25) is 9.13 Å². The highest BCUT2D eigenvalue weighted by molar-refractivity contribution is 6.10. The van der Waals surface area contributed by atoms with Gasteiger partial charge < -0.3 is 9.47 Å². The molecule has 6 aromatic carbocycles. The number of para-hydroxylation sites is 2. The second kappa shape index (κ2) is 16.0. The molecule has 11 rings (SSSR count). The van der Waals surface area contributed by atoms with Crippen LogP contribution in [0.15, 0.2) is 183 Å². The van der Waals surface area contributed by atoms with E-state index in [9.17, 15) is 0 Å². The summed E-state index contributed by atoms with van der Waals surface area (Å²) < 4.78 is 17.9. The highest BCUT2D eigenvalue weighted by Gasteiger charge is 2.18. The minimum atomic E-state index is 0.400. The molecule has 0 aliphatic heterocycles. The van der Waals surface area contributed by atoms with Gasteiger partial charge in [0.15, 0.2) is 5.82 Å². The molecule has 0 atom stereocenters. The van der Waals surface area contributed by atoms with Crippen LogP contribution < -0.4 is 9.47 Å². The van der Waals surface area contributed by atoms with E-state index in [4.69, 9.17) is 29.4 Å². The summed E-state index contributed by atoms with van der Waals surface area (Å²) in [6, 6.07) is 53.8. The van der Waals surface area contributed by atoms with E-state index in [0.29, 0.717) is 40.7 Å². The lowest BCUT2D eigenvalue weighted by molar-refractivity contribution is 0.461. The first-order chi connectivity index (χ1) is 31.3. The molecule has 0 aliphatic carbocycles. The molecule has 0 aliphatic rings. The third kappa shape index (κ3) is 7.09. The zero-order valence-corrected chi connectivity index (χ0v) is 36.0. The molecule has 0 saturated carbocycles. The van der Waals surface area contributed by atoms with Gasteiger partial charge in [0.1, 0.15) is 34.6 Å². The first-order valence-corrected chi connectivity index (χ1v) is 21.7. The quantitative estimate of drug-likeness (QED) is 0.137. The van der Waals surface area contributed by atoms with Gasteiger partial charge in [-0.1, -0.05) is 94.4 Å². The number of hydrogen-bond acceptors (Lipinski definition) is 6. The Morgan fingerprint density at radius 1 is 0.375 bits per heavy atom. The van der Waals surface area contributed by atoms with Crippen molar-refractivity contribution in [2.24, 2.45) is 0 Å². The number of aromatic nitrogens is 6. The van der Waals surface area contributed by atoms with Gasteiger partial charge in [-0.05, 0) is 101 Å². The van der Waals surface area contributed by atoms with Crippen LogP contribution in [0.25, 0.3) is 77.8 Å². The van der Waals surface area contributed by atoms with Crippen molar-refractivity contribution in [3.8, 4) is 57.1 Å². The van der Waals surface area contributed by atoms with Crippen molar-refractivity contribution in [3.05, 3.63) is 194 Å². The summed E-state index contributed by atoms with van der Waals surface area (Å²) in [5, 5.41) is 4.50. The average molecular weight is 833 g/mol. The van der Waals surface area contributed by atoms with Crippen LogP contribution in [0.2, 0.25) is 0 Å². The van der Waals surface area contributed by atoms with Gasteiger partial charge in [0, 0.05) is 75.7 Å². The predicted molar refractivity (Wildman–Crippen MR) is 258 cm³/mol. The van der Waals surface area contributed by atoms with Crippen LogP contribution in [0.5, 0.6) is 23.0 Å². The second-order valence-corrected chi connectivity index (χ2v) is 16.8. The molecule has 8 heteroatoms. The van der Waals surface area contributed by atoms with E-state index >= 15 is 0 Å². The zero-order chi connectivity index (χ0) is 43.3. The standard InChI is InChI=1S/C56H44N6O2/c1-35(2)37-25-38(36(3)4)27-39(26-37)41-33-59-56(60-34-41)40-28-44(63-42-19-21-48-46-13-5-7-15-50(46)61(52(48)31-42)54-17-9-11-23-57-54)30-45(29-40)64-43-20-22-49-47-14-6-8-16-51(47)62(53(49)32-43)55-18-10-12-24-58-55/h5-36H,1-4H3. The number of pyridine rings is 2. The maximum Gasteiger partial charge on any atom is 0.159 e. The monoisotopic (exact) mass is 832 g/mol. The Labute approximate surface area is 371 Å². The number of hydrogen-bond donors (Lipinski definition) is 0. The van der Waals surface area contributed by atoms with Crippen molar-refractivity contribution in [2.75, 3.05) is 0 Å². The fourth-order valence-electron chi connectivity index (χ4n) is 8.72. The maximum atomic E-state index is 6.78. The minimum Gasteiger partial charge on any atom is -0.457 e. The van der Waals surface area contributed by atoms with Gasteiger partial charge in [0.05, 0.1) is 22.1 Å². The molecular weight excluding hydrogens is 789 g/mol. The van der Waals surface area contributed by atoms with E-state index in [2.05, 4.69) is 128 Å². The minimum absolute atomic E-state index is 0.400. The highest BCUT2D eigenvalue weighted by Crippen LogP contribution is 2.40. The van der Waals surface area contributed by atoms with Crippen LogP contribution in [-0.2, 0) is 0 Å². The Bertz CT molecular complexity index is 3300. The molecule has 0 spiro atoms. The summed E-state index contributed by atoms with van der Waals surface area (Å²) in [5.74, 6) is 5.51. The van der Waals surface area contributed by atoms with Crippen molar-refractivity contribution < 1.29 is 9.47 Å². The lowest BCUT2D eigenvalue weighted by Crippen LogP contribution is -1.97. The van der Waals surface area contributed by atoms with E-state index in [0.717, 1.165) is 71.9 Å². The first-order valence-electron chi connectivity index (χ1n) is 21.7. The van der Waals surface area contributed by atoms with Crippen LogP contribution in [0.1, 0.15) is 50.7 Å². The Kier molecular flexibility index (Phi) is 9.69.